The fourth-order valence-corrected chi connectivity index (χ4v) is 2.77. The van der Waals surface area contributed by atoms with Crippen LogP contribution in [0.1, 0.15) is 32.3 Å². The SMILES string of the molecule is C=CC(=O)Nc1ccc(CCC(=O)NC2CCOCC2(C)C)cc1. The first-order valence-electron chi connectivity index (χ1n) is 8.30. The monoisotopic (exact) mass is 330 g/mol. The van der Waals surface area contributed by atoms with Gasteiger partial charge in [-0.2, -0.15) is 0 Å². The third-order valence-corrected chi connectivity index (χ3v) is 4.35. The molecule has 1 aliphatic heterocycles. The molecule has 1 unspecified atom stereocenters. The van der Waals surface area contributed by atoms with Crippen LogP contribution in [0.4, 0.5) is 5.69 Å². The summed E-state index contributed by atoms with van der Waals surface area (Å²) in [4.78, 5) is 23.4. The number of carbonyl (C=O) groups is 2. The highest BCUT2D eigenvalue weighted by molar-refractivity contribution is 5.98. The van der Waals surface area contributed by atoms with Gasteiger partial charge in [0, 0.05) is 30.2 Å². The van der Waals surface area contributed by atoms with Gasteiger partial charge in [-0.25, -0.2) is 0 Å². The van der Waals surface area contributed by atoms with Crippen LogP contribution in [0, 0.1) is 5.41 Å². The van der Waals surface area contributed by atoms with E-state index in [9.17, 15) is 9.59 Å². The van der Waals surface area contributed by atoms with Crippen molar-refractivity contribution in [2.75, 3.05) is 18.5 Å². The maximum Gasteiger partial charge on any atom is 0.247 e. The molecule has 1 aromatic carbocycles. The summed E-state index contributed by atoms with van der Waals surface area (Å²) < 4.78 is 5.49. The van der Waals surface area contributed by atoms with Gasteiger partial charge in [-0.15, -0.1) is 0 Å². The molecule has 2 rings (SSSR count). The number of rotatable bonds is 6. The van der Waals surface area contributed by atoms with Crippen molar-refractivity contribution in [2.24, 2.45) is 5.41 Å². The molecular weight excluding hydrogens is 304 g/mol. The van der Waals surface area contributed by atoms with E-state index in [2.05, 4.69) is 31.1 Å². The number of nitrogens with one attached hydrogen (secondary N) is 2. The Balaban J connectivity index is 1.81. The second kappa shape index (κ2) is 8.11. The lowest BCUT2D eigenvalue weighted by molar-refractivity contribution is -0.124. The predicted octanol–water partition coefficient (Wildman–Crippen LogP) is 2.68. The second-order valence-electron chi connectivity index (χ2n) is 6.84. The fraction of sp³-hybridized carbons (Fsp3) is 0.474. The minimum atomic E-state index is -0.235. The summed E-state index contributed by atoms with van der Waals surface area (Å²) >= 11 is 0. The van der Waals surface area contributed by atoms with Gasteiger partial charge >= 0.3 is 0 Å². The van der Waals surface area contributed by atoms with E-state index in [1.165, 1.54) is 6.08 Å². The van der Waals surface area contributed by atoms with Crippen molar-refractivity contribution in [3.8, 4) is 0 Å². The van der Waals surface area contributed by atoms with Crippen molar-refractivity contribution in [3.05, 3.63) is 42.5 Å². The Morgan fingerprint density at radius 3 is 2.67 bits per heavy atom. The number of amides is 2. The van der Waals surface area contributed by atoms with Crippen molar-refractivity contribution < 1.29 is 14.3 Å². The van der Waals surface area contributed by atoms with Gasteiger partial charge < -0.3 is 15.4 Å². The van der Waals surface area contributed by atoms with Crippen LogP contribution in [0.15, 0.2) is 36.9 Å². The van der Waals surface area contributed by atoms with Crippen LogP contribution in [-0.4, -0.2) is 31.1 Å². The average molecular weight is 330 g/mol. The third-order valence-electron chi connectivity index (χ3n) is 4.35. The Morgan fingerprint density at radius 2 is 2.04 bits per heavy atom. The van der Waals surface area contributed by atoms with E-state index >= 15 is 0 Å². The maximum atomic E-state index is 12.2. The van der Waals surface area contributed by atoms with E-state index < -0.39 is 0 Å². The lowest BCUT2D eigenvalue weighted by Gasteiger charge is -2.38. The predicted molar refractivity (Wildman–Crippen MR) is 94.7 cm³/mol. The zero-order valence-electron chi connectivity index (χ0n) is 14.4. The quantitative estimate of drug-likeness (QED) is 0.788. The molecule has 5 heteroatoms. The maximum absolute atomic E-state index is 12.2. The highest BCUT2D eigenvalue weighted by atomic mass is 16.5. The second-order valence-corrected chi connectivity index (χ2v) is 6.84. The topological polar surface area (TPSA) is 67.4 Å². The van der Waals surface area contributed by atoms with Gasteiger partial charge in [-0.3, -0.25) is 9.59 Å². The summed E-state index contributed by atoms with van der Waals surface area (Å²) in [6.45, 7) is 9.03. The molecule has 0 aromatic heterocycles. The molecule has 0 aliphatic carbocycles. The van der Waals surface area contributed by atoms with Crippen LogP contribution in [-0.2, 0) is 20.7 Å². The molecule has 0 bridgehead atoms. The molecule has 2 N–H and O–H groups in total. The highest BCUT2D eigenvalue weighted by Crippen LogP contribution is 2.27. The number of hydrogen-bond donors (Lipinski definition) is 2. The summed E-state index contributed by atoms with van der Waals surface area (Å²) in [5.74, 6) is -0.166. The van der Waals surface area contributed by atoms with E-state index in [0.717, 1.165) is 17.7 Å². The average Bonchev–Trinajstić information content (AvgIpc) is 2.56. The summed E-state index contributed by atoms with van der Waals surface area (Å²) in [5.41, 5.74) is 1.75. The van der Waals surface area contributed by atoms with Crippen molar-refractivity contribution in [1.29, 1.82) is 0 Å². The number of aryl methyl sites for hydroxylation is 1. The van der Waals surface area contributed by atoms with Crippen molar-refractivity contribution in [3.63, 3.8) is 0 Å². The van der Waals surface area contributed by atoms with E-state index in [1.807, 2.05) is 24.3 Å². The van der Waals surface area contributed by atoms with Crippen molar-refractivity contribution in [1.82, 2.24) is 5.32 Å². The van der Waals surface area contributed by atoms with Gasteiger partial charge in [0.05, 0.1) is 6.61 Å². The molecule has 1 aliphatic rings. The van der Waals surface area contributed by atoms with Gasteiger partial charge in [0.15, 0.2) is 0 Å². The Hall–Kier alpha value is -2.14. The number of ether oxygens (including phenoxy) is 1. The third kappa shape index (κ3) is 5.20. The van der Waals surface area contributed by atoms with Crippen LogP contribution in [0.3, 0.4) is 0 Å². The minimum Gasteiger partial charge on any atom is -0.381 e. The smallest absolute Gasteiger partial charge is 0.247 e. The van der Waals surface area contributed by atoms with Gasteiger partial charge in [-0.1, -0.05) is 32.6 Å². The van der Waals surface area contributed by atoms with Gasteiger partial charge in [-0.05, 0) is 36.6 Å². The van der Waals surface area contributed by atoms with Crippen LogP contribution in [0.5, 0.6) is 0 Å². The molecular formula is C19H26N2O3. The summed E-state index contributed by atoms with van der Waals surface area (Å²) in [5, 5.41) is 5.84. The lowest BCUT2D eigenvalue weighted by atomic mass is 9.82. The molecule has 1 heterocycles. The molecule has 1 aromatic rings. The molecule has 1 fully saturated rings. The minimum absolute atomic E-state index is 0.0289. The first-order chi connectivity index (χ1) is 11.4. The first kappa shape index (κ1) is 18.2. The van der Waals surface area contributed by atoms with E-state index in [-0.39, 0.29) is 23.3 Å². The van der Waals surface area contributed by atoms with Crippen LogP contribution in [0.2, 0.25) is 0 Å². The van der Waals surface area contributed by atoms with Gasteiger partial charge in [0.25, 0.3) is 0 Å². The molecule has 5 nitrogen and oxygen atoms in total. The highest BCUT2D eigenvalue weighted by Gasteiger charge is 2.33. The summed E-state index contributed by atoms with van der Waals surface area (Å²) in [6, 6.07) is 7.66. The molecule has 1 atom stereocenters. The standard InChI is InChI=1S/C19H26N2O3/c1-4-17(22)20-15-8-5-14(6-9-15)7-10-18(23)21-16-11-12-24-13-19(16,2)3/h4-6,8-9,16H,1,7,10-13H2,2-3H3,(H,20,22)(H,21,23). The number of carbonyl (C=O) groups excluding carboxylic acids is 2. The Morgan fingerprint density at radius 1 is 1.33 bits per heavy atom. The van der Waals surface area contributed by atoms with Crippen LogP contribution >= 0.6 is 0 Å². The normalized spacial score (nSPS) is 19.3. The first-order valence-corrected chi connectivity index (χ1v) is 8.30. The van der Waals surface area contributed by atoms with Crippen LogP contribution in [0.25, 0.3) is 0 Å². The van der Waals surface area contributed by atoms with E-state index in [4.69, 9.17) is 4.74 Å². The van der Waals surface area contributed by atoms with Gasteiger partial charge in [0.2, 0.25) is 11.8 Å². The van der Waals surface area contributed by atoms with Crippen molar-refractivity contribution in [2.45, 2.75) is 39.2 Å². The largest absolute Gasteiger partial charge is 0.381 e. The van der Waals surface area contributed by atoms with E-state index in [1.54, 1.807) is 0 Å². The molecule has 1 saturated heterocycles. The fourth-order valence-electron chi connectivity index (χ4n) is 2.77. The van der Waals surface area contributed by atoms with Crippen LogP contribution < -0.4 is 10.6 Å². The zero-order chi connectivity index (χ0) is 17.6. The van der Waals surface area contributed by atoms with E-state index in [0.29, 0.717) is 26.1 Å². The molecule has 24 heavy (non-hydrogen) atoms. The van der Waals surface area contributed by atoms with Gasteiger partial charge in [0.1, 0.15) is 0 Å². The summed E-state index contributed by atoms with van der Waals surface area (Å²) in [6.07, 6.45) is 3.21. The number of anilines is 1. The molecule has 0 saturated carbocycles. The van der Waals surface area contributed by atoms with Crippen molar-refractivity contribution >= 4 is 17.5 Å². The molecule has 2 amide bonds. The summed E-state index contributed by atoms with van der Waals surface area (Å²) in [7, 11) is 0. The molecule has 130 valence electrons. The molecule has 0 radical (unpaired) electrons. The molecule has 0 spiro atoms. The Bertz CT molecular complexity index is 593. The number of hydrogen-bond acceptors (Lipinski definition) is 3. The number of benzene rings is 1. The Labute approximate surface area is 143 Å². The Kier molecular flexibility index (Phi) is 6.15. The zero-order valence-corrected chi connectivity index (χ0v) is 14.4. The lowest BCUT2D eigenvalue weighted by Crippen LogP contribution is -2.50.